The van der Waals surface area contributed by atoms with E-state index in [1.54, 1.807) is 30.4 Å². The number of rotatable bonds is 6. The Morgan fingerprint density at radius 1 is 0.345 bits per heavy atom. The molecule has 5 aliphatic rings. The first kappa shape index (κ1) is 33.5. The molecular formula is C52H40N6. The summed E-state index contributed by atoms with van der Waals surface area (Å²) in [6.07, 6.45) is 17.7. The van der Waals surface area contributed by atoms with Crippen molar-refractivity contribution >= 4 is 0 Å². The minimum atomic E-state index is 0.0395. The SMILES string of the molecule is c1ccc(-c2cc(-c3ccc4c(c3)C3(c5ccc(-c6ccncc6)cc5-4)C4CC5CC(C4)CC3C5)cc(-c3nc(-c4ccncc4)nc(-c4ccncc4)n3)c2)cc1. The molecule has 4 aromatic carbocycles. The van der Waals surface area contributed by atoms with Gasteiger partial charge in [0.15, 0.2) is 17.5 Å². The summed E-state index contributed by atoms with van der Waals surface area (Å²) >= 11 is 0. The Hall–Kier alpha value is -6.66. The van der Waals surface area contributed by atoms with E-state index in [0.29, 0.717) is 29.3 Å². The van der Waals surface area contributed by atoms with Crippen LogP contribution in [0.3, 0.4) is 0 Å². The maximum atomic E-state index is 5.14. The highest BCUT2D eigenvalue weighted by Gasteiger charge is 2.61. The predicted molar refractivity (Wildman–Crippen MR) is 229 cm³/mol. The molecule has 0 N–H and O–H groups in total. The van der Waals surface area contributed by atoms with Crippen LogP contribution in [0.2, 0.25) is 0 Å². The van der Waals surface area contributed by atoms with Crippen molar-refractivity contribution in [3.05, 3.63) is 170 Å². The van der Waals surface area contributed by atoms with Crippen molar-refractivity contribution in [2.45, 2.75) is 37.5 Å². The van der Waals surface area contributed by atoms with Crippen LogP contribution >= 0.6 is 0 Å². The second-order valence-corrected chi connectivity index (χ2v) is 16.9. The van der Waals surface area contributed by atoms with Crippen molar-refractivity contribution in [2.75, 3.05) is 0 Å². The lowest BCUT2D eigenvalue weighted by atomic mass is 9.43. The molecular weight excluding hydrogens is 709 g/mol. The molecule has 8 aromatic rings. The Labute approximate surface area is 338 Å². The van der Waals surface area contributed by atoms with E-state index in [4.69, 9.17) is 15.0 Å². The van der Waals surface area contributed by atoms with Gasteiger partial charge >= 0.3 is 0 Å². The van der Waals surface area contributed by atoms with E-state index < -0.39 is 0 Å². The highest BCUT2D eigenvalue weighted by atomic mass is 15.0. The molecule has 0 unspecified atom stereocenters. The molecule has 4 saturated carbocycles. The maximum Gasteiger partial charge on any atom is 0.164 e. The van der Waals surface area contributed by atoms with Crippen LogP contribution < -0.4 is 0 Å². The van der Waals surface area contributed by atoms with Gasteiger partial charge in [-0.3, -0.25) is 15.0 Å². The third-order valence-corrected chi connectivity index (χ3v) is 13.8. The molecule has 6 nitrogen and oxygen atoms in total. The van der Waals surface area contributed by atoms with E-state index in [1.807, 2.05) is 36.7 Å². The lowest BCUT2D eigenvalue weighted by Crippen LogP contribution is -2.55. The van der Waals surface area contributed by atoms with Gasteiger partial charge in [-0.25, -0.2) is 15.0 Å². The van der Waals surface area contributed by atoms with Gasteiger partial charge in [-0.2, -0.15) is 0 Å². The highest BCUT2D eigenvalue weighted by Crippen LogP contribution is 2.69. The van der Waals surface area contributed by atoms with Gasteiger partial charge in [0.2, 0.25) is 0 Å². The number of hydrogen-bond donors (Lipinski definition) is 0. The zero-order chi connectivity index (χ0) is 38.2. The summed E-state index contributed by atoms with van der Waals surface area (Å²) in [6, 6.07) is 44.3. The largest absolute Gasteiger partial charge is 0.265 e. The summed E-state index contributed by atoms with van der Waals surface area (Å²) in [5, 5.41) is 0. The van der Waals surface area contributed by atoms with Gasteiger partial charge in [-0.05, 0) is 178 Å². The topological polar surface area (TPSA) is 77.3 Å². The van der Waals surface area contributed by atoms with Crippen molar-refractivity contribution < 1.29 is 0 Å². The number of hydrogen-bond acceptors (Lipinski definition) is 6. The summed E-state index contributed by atoms with van der Waals surface area (Å²) < 4.78 is 0. The van der Waals surface area contributed by atoms with Gasteiger partial charge in [0.1, 0.15) is 0 Å². The van der Waals surface area contributed by atoms with Crippen LogP contribution in [-0.2, 0) is 5.41 Å². The Morgan fingerprint density at radius 2 is 0.828 bits per heavy atom. The van der Waals surface area contributed by atoms with Crippen LogP contribution in [0.4, 0.5) is 0 Å². The lowest BCUT2D eigenvalue weighted by molar-refractivity contribution is -0.0399. The fourth-order valence-electron chi connectivity index (χ4n) is 11.6. The Bertz CT molecular complexity index is 2760. The fourth-order valence-corrected chi connectivity index (χ4v) is 11.6. The first-order valence-electron chi connectivity index (χ1n) is 20.7. The van der Waals surface area contributed by atoms with E-state index in [2.05, 4.69) is 112 Å². The van der Waals surface area contributed by atoms with E-state index in [1.165, 1.54) is 65.5 Å². The average molecular weight is 749 g/mol. The maximum absolute atomic E-state index is 5.14. The van der Waals surface area contributed by atoms with Gasteiger partial charge in [0.25, 0.3) is 0 Å². The van der Waals surface area contributed by atoms with Gasteiger partial charge in [-0.15, -0.1) is 0 Å². The number of benzene rings is 4. The Kier molecular flexibility index (Phi) is 7.62. The molecule has 4 bridgehead atoms. The molecule has 0 radical (unpaired) electrons. The van der Waals surface area contributed by atoms with E-state index in [-0.39, 0.29) is 5.41 Å². The molecule has 6 heteroatoms. The van der Waals surface area contributed by atoms with Crippen LogP contribution in [-0.4, -0.2) is 29.9 Å². The number of pyridine rings is 3. The van der Waals surface area contributed by atoms with Crippen LogP contribution in [0.15, 0.2) is 159 Å². The quantitative estimate of drug-likeness (QED) is 0.168. The second-order valence-electron chi connectivity index (χ2n) is 16.9. The Morgan fingerprint density at radius 3 is 1.43 bits per heavy atom. The van der Waals surface area contributed by atoms with Crippen molar-refractivity contribution in [1.82, 2.24) is 29.9 Å². The highest BCUT2D eigenvalue weighted by molar-refractivity contribution is 5.89. The summed E-state index contributed by atoms with van der Waals surface area (Å²) in [5.41, 5.74) is 15.8. The molecule has 0 atom stereocenters. The number of aromatic nitrogens is 6. The number of fused-ring (bicyclic) bond motifs is 3. The summed E-state index contributed by atoms with van der Waals surface area (Å²) in [6.45, 7) is 0. The first-order valence-corrected chi connectivity index (χ1v) is 20.7. The molecule has 278 valence electrons. The lowest BCUT2D eigenvalue weighted by Gasteiger charge is -2.61. The second kappa shape index (κ2) is 13.2. The molecule has 0 aliphatic heterocycles. The molecule has 4 heterocycles. The number of nitrogens with zero attached hydrogens (tertiary/aromatic N) is 6. The van der Waals surface area contributed by atoms with Gasteiger partial charge < -0.3 is 0 Å². The van der Waals surface area contributed by atoms with Crippen molar-refractivity contribution in [3.63, 3.8) is 0 Å². The first-order chi connectivity index (χ1) is 28.7. The standard InChI is InChI=1S/C52H40N6/c1-2-4-34(5-3-1)40-27-41(29-42(28-40)51-57-49(36-12-18-54-19-13-36)56-50(58-51)37-14-20-55-21-15-37)39-6-8-45-46-30-38(35-10-16-53-17-11-35)7-9-47(46)52(48(45)31-39)43-23-32-22-33(25-43)26-44(52)24-32/h1-21,27-33,43-44H,22-26H2. The average Bonchev–Trinajstić information content (AvgIpc) is 3.58. The van der Waals surface area contributed by atoms with Crippen LogP contribution in [0, 0.1) is 23.7 Å². The van der Waals surface area contributed by atoms with E-state index in [9.17, 15) is 0 Å². The van der Waals surface area contributed by atoms with Gasteiger partial charge in [0, 0.05) is 59.3 Å². The molecule has 4 aromatic heterocycles. The molecule has 13 rings (SSSR count). The van der Waals surface area contributed by atoms with Gasteiger partial charge in [0.05, 0.1) is 0 Å². The van der Waals surface area contributed by atoms with E-state index >= 15 is 0 Å². The smallest absolute Gasteiger partial charge is 0.164 e. The van der Waals surface area contributed by atoms with Crippen LogP contribution in [0.25, 0.3) is 78.7 Å². The van der Waals surface area contributed by atoms with Crippen molar-refractivity contribution in [2.24, 2.45) is 23.7 Å². The van der Waals surface area contributed by atoms with Gasteiger partial charge in [-0.1, -0.05) is 54.6 Å². The zero-order valence-corrected chi connectivity index (χ0v) is 32.0. The zero-order valence-electron chi connectivity index (χ0n) is 32.0. The molecule has 4 fully saturated rings. The molecule has 5 aliphatic carbocycles. The summed E-state index contributed by atoms with van der Waals surface area (Å²) in [4.78, 5) is 28.0. The third kappa shape index (κ3) is 5.31. The molecule has 1 spiro atoms. The minimum absolute atomic E-state index is 0.0395. The summed E-state index contributed by atoms with van der Waals surface area (Å²) in [5.74, 6) is 4.93. The molecule has 0 amide bonds. The fraction of sp³-hybridized carbons (Fsp3) is 0.192. The third-order valence-electron chi connectivity index (χ3n) is 13.8. The van der Waals surface area contributed by atoms with Crippen molar-refractivity contribution in [3.8, 4) is 78.7 Å². The van der Waals surface area contributed by atoms with E-state index in [0.717, 1.165) is 45.2 Å². The monoisotopic (exact) mass is 748 g/mol. The van der Waals surface area contributed by atoms with Crippen LogP contribution in [0.1, 0.15) is 43.2 Å². The molecule has 58 heavy (non-hydrogen) atoms. The summed E-state index contributed by atoms with van der Waals surface area (Å²) in [7, 11) is 0. The predicted octanol–water partition coefficient (Wildman–Crippen LogP) is 11.8. The van der Waals surface area contributed by atoms with Crippen LogP contribution in [0.5, 0.6) is 0 Å². The normalized spacial score (nSPS) is 22.2. The Balaban J connectivity index is 1.06. The van der Waals surface area contributed by atoms with Crippen molar-refractivity contribution in [1.29, 1.82) is 0 Å². The molecule has 0 saturated heterocycles. The minimum Gasteiger partial charge on any atom is -0.265 e.